The van der Waals surface area contributed by atoms with E-state index in [2.05, 4.69) is 4.98 Å². The third-order valence-corrected chi connectivity index (χ3v) is 2.96. The number of hydrogen-bond acceptors (Lipinski definition) is 4. The van der Waals surface area contributed by atoms with Crippen molar-refractivity contribution in [2.75, 3.05) is 20.1 Å². The van der Waals surface area contributed by atoms with Crippen LogP contribution in [0.25, 0.3) is 0 Å². The van der Waals surface area contributed by atoms with Gasteiger partial charge in [-0.15, -0.1) is 0 Å². The number of amides is 1. The average Bonchev–Trinajstić information content (AvgIpc) is 2.30. The second kappa shape index (κ2) is 5.39. The van der Waals surface area contributed by atoms with E-state index in [1.807, 2.05) is 19.1 Å². The smallest absolute Gasteiger partial charge is 0.410 e. The zero-order chi connectivity index (χ0) is 13.1. The Hall–Kier alpha value is -1.56. The Kier molecular flexibility index (Phi) is 3.86. The number of hydrogen-bond donors (Lipinski definition) is 0. The number of carbonyl (C=O) groups excluding carboxylic acids is 1. The molecule has 1 saturated heterocycles. The molecular formula is C12H16BN3O2. The molecule has 1 aliphatic heterocycles. The molecule has 0 bridgehead atoms. The molecule has 0 aromatic carbocycles. The molecule has 0 N–H and O–H groups in total. The van der Waals surface area contributed by atoms with E-state index in [0.29, 0.717) is 19.6 Å². The lowest BCUT2D eigenvalue weighted by molar-refractivity contribution is 0.00986. The summed E-state index contributed by atoms with van der Waals surface area (Å²) in [7, 11) is 7.19. The third kappa shape index (κ3) is 3.01. The average molecular weight is 245 g/mol. The summed E-state index contributed by atoms with van der Waals surface area (Å²) in [5.41, 5.74) is 1.94. The highest BCUT2D eigenvalue weighted by atomic mass is 16.6. The van der Waals surface area contributed by atoms with E-state index in [1.165, 1.54) is 4.90 Å². The van der Waals surface area contributed by atoms with Gasteiger partial charge >= 0.3 is 6.09 Å². The van der Waals surface area contributed by atoms with Crippen LogP contribution in [0.1, 0.15) is 11.3 Å². The zero-order valence-electron chi connectivity index (χ0n) is 10.7. The predicted molar refractivity (Wildman–Crippen MR) is 68.0 cm³/mol. The summed E-state index contributed by atoms with van der Waals surface area (Å²) in [5.74, 6) is 0. The Morgan fingerprint density at radius 1 is 1.67 bits per heavy atom. The molecule has 2 rings (SSSR count). The van der Waals surface area contributed by atoms with Gasteiger partial charge < -0.3 is 14.4 Å². The van der Waals surface area contributed by atoms with Gasteiger partial charge in [0.25, 0.3) is 0 Å². The summed E-state index contributed by atoms with van der Waals surface area (Å²) in [6, 6.07) is 3.85. The Balaban J connectivity index is 1.86. The highest BCUT2D eigenvalue weighted by Crippen LogP contribution is 2.11. The zero-order valence-corrected chi connectivity index (χ0v) is 10.7. The summed E-state index contributed by atoms with van der Waals surface area (Å²) >= 11 is 0. The first-order valence-electron chi connectivity index (χ1n) is 5.88. The van der Waals surface area contributed by atoms with Crippen LogP contribution in [-0.2, 0) is 11.3 Å². The lowest BCUT2D eigenvalue weighted by Gasteiger charge is -2.36. The van der Waals surface area contributed by atoms with E-state index in [1.54, 1.807) is 18.1 Å². The number of aryl methyl sites for hydroxylation is 1. The molecule has 1 fully saturated rings. The summed E-state index contributed by atoms with van der Waals surface area (Å²) in [4.78, 5) is 19.2. The molecular weight excluding hydrogens is 229 g/mol. The number of nitrogens with zero attached hydrogens (tertiary/aromatic N) is 3. The maximum atomic E-state index is 11.8. The molecule has 0 unspecified atom stereocenters. The molecule has 1 aromatic heterocycles. The standard InChI is InChI=1S/C12H16BN3O2/c1-9-4-3-5-14-11(9)8-15(2)12(17)18-10-6-16(13)7-10/h3-5,10H,6-8H2,1-2H3. The minimum Gasteiger partial charge on any atom is -0.443 e. The van der Waals surface area contributed by atoms with Crippen molar-refractivity contribution in [3.8, 4) is 0 Å². The third-order valence-electron chi connectivity index (χ3n) is 2.96. The van der Waals surface area contributed by atoms with Gasteiger partial charge in [0, 0.05) is 26.3 Å². The monoisotopic (exact) mass is 245 g/mol. The molecule has 5 nitrogen and oxygen atoms in total. The van der Waals surface area contributed by atoms with E-state index in [-0.39, 0.29) is 12.2 Å². The van der Waals surface area contributed by atoms with Crippen molar-refractivity contribution >= 4 is 14.1 Å². The maximum absolute atomic E-state index is 11.8. The maximum Gasteiger partial charge on any atom is 0.410 e. The van der Waals surface area contributed by atoms with Crippen LogP contribution in [0.2, 0.25) is 0 Å². The van der Waals surface area contributed by atoms with Gasteiger partial charge in [0.15, 0.2) is 7.98 Å². The van der Waals surface area contributed by atoms with Crippen LogP contribution < -0.4 is 0 Å². The molecule has 1 amide bonds. The van der Waals surface area contributed by atoms with Gasteiger partial charge in [0.1, 0.15) is 6.10 Å². The Morgan fingerprint density at radius 3 is 3.00 bits per heavy atom. The predicted octanol–water partition coefficient (Wildman–Crippen LogP) is 0.726. The first-order chi connectivity index (χ1) is 8.56. The number of pyridine rings is 1. The summed E-state index contributed by atoms with van der Waals surface area (Å²) in [5, 5.41) is 0. The molecule has 0 atom stereocenters. The fourth-order valence-electron chi connectivity index (χ4n) is 1.75. The molecule has 0 saturated carbocycles. The van der Waals surface area contributed by atoms with Crippen LogP contribution in [0.4, 0.5) is 4.79 Å². The van der Waals surface area contributed by atoms with Gasteiger partial charge in [-0.25, -0.2) is 4.79 Å². The lowest BCUT2D eigenvalue weighted by Crippen LogP contribution is -2.52. The first kappa shape index (κ1) is 12.9. The van der Waals surface area contributed by atoms with E-state index >= 15 is 0 Å². The molecule has 0 aliphatic carbocycles. The molecule has 18 heavy (non-hydrogen) atoms. The summed E-state index contributed by atoms with van der Waals surface area (Å²) in [6.45, 7) is 3.62. The van der Waals surface area contributed by atoms with Crippen molar-refractivity contribution in [3.63, 3.8) is 0 Å². The first-order valence-corrected chi connectivity index (χ1v) is 5.88. The van der Waals surface area contributed by atoms with Crippen molar-refractivity contribution in [2.45, 2.75) is 19.6 Å². The quantitative estimate of drug-likeness (QED) is 0.736. The second-order valence-corrected chi connectivity index (χ2v) is 4.58. The van der Waals surface area contributed by atoms with Gasteiger partial charge in [-0.2, -0.15) is 0 Å². The largest absolute Gasteiger partial charge is 0.443 e. The highest BCUT2D eigenvalue weighted by Gasteiger charge is 2.27. The van der Waals surface area contributed by atoms with Crippen LogP contribution in [0.5, 0.6) is 0 Å². The Bertz CT molecular complexity index is 435. The van der Waals surface area contributed by atoms with Gasteiger partial charge in [0.2, 0.25) is 0 Å². The minimum absolute atomic E-state index is 0.0882. The van der Waals surface area contributed by atoms with Crippen LogP contribution in [0.3, 0.4) is 0 Å². The SMILES string of the molecule is [B]N1CC(OC(=O)N(C)Cc2ncccc2C)C1. The van der Waals surface area contributed by atoms with E-state index in [9.17, 15) is 4.79 Å². The molecule has 6 heteroatoms. The van der Waals surface area contributed by atoms with Gasteiger partial charge in [-0.3, -0.25) is 4.98 Å². The number of ether oxygens (including phenoxy) is 1. The van der Waals surface area contributed by atoms with Crippen LogP contribution in [0.15, 0.2) is 18.3 Å². The summed E-state index contributed by atoms with van der Waals surface area (Å²) < 4.78 is 5.27. The van der Waals surface area contributed by atoms with Crippen LogP contribution in [0, 0.1) is 6.92 Å². The van der Waals surface area contributed by atoms with Gasteiger partial charge in [0.05, 0.1) is 12.2 Å². The summed E-state index contributed by atoms with van der Waals surface area (Å²) in [6.07, 6.45) is 1.30. The van der Waals surface area contributed by atoms with Crippen molar-refractivity contribution < 1.29 is 9.53 Å². The fourth-order valence-corrected chi connectivity index (χ4v) is 1.75. The molecule has 2 radical (unpaired) electrons. The minimum atomic E-state index is -0.335. The van der Waals surface area contributed by atoms with Crippen molar-refractivity contribution in [1.29, 1.82) is 0 Å². The van der Waals surface area contributed by atoms with E-state index in [4.69, 9.17) is 12.7 Å². The highest BCUT2D eigenvalue weighted by molar-refractivity contribution is 6.05. The van der Waals surface area contributed by atoms with Crippen molar-refractivity contribution in [3.05, 3.63) is 29.6 Å². The molecule has 94 valence electrons. The second-order valence-electron chi connectivity index (χ2n) is 4.58. The topological polar surface area (TPSA) is 45.7 Å². The van der Waals surface area contributed by atoms with E-state index < -0.39 is 0 Å². The Morgan fingerprint density at radius 2 is 2.39 bits per heavy atom. The van der Waals surface area contributed by atoms with Crippen molar-refractivity contribution in [2.24, 2.45) is 0 Å². The lowest BCUT2D eigenvalue weighted by atomic mass is 10.1. The fraction of sp³-hybridized carbons (Fsp3) is 0.500. The van der Waals surface area contributed by atoms with Crippen LogP contribution >= 0.6 is 0 Å². The number of carbonyl (C=O) groups is 1. The van der Waals surface area contributed by atoms with Gasteiger partial charge in [-0.05, 0) is 18.6 Å². The van der Waals surface area contributed by atoms with Gasteiger partial charge in [-0.1, -0.05) is 6.07 Å². The molecule has 0 spiro atoms. The van der Waals surface area contributed by atoms with Crippen LogP contribution in [-0.4, -0.2) is 55.0 Å². The van der Waals surface area contributed by atoms with E-state index in [0.717, 1.165) is 11.3 Å². The van der Waals surface area contributed by atoms with Crippen molar-refractivity contribution in [1.82, 2.24) is 14.7 Å². The molecule has 1 aromatic rings. The number of aromatic nitrogens is 1. The molecule has 1 aliphatic rings. The number of rotatable bonds is 3. The molecule has 2 heterocycles. The normalized spacial score (nSPS) is 16.1. The Labute approximate surface area is 108 Å².